The lowest BCUT2D eigenvalue weighted by molar-refractivity contribution is -0.141. The number of likely N-dealkylation sites (N-methyl/N-ethyl adjacent to an activating group) is 1. The second kappa shape index (κ2) is 9.34. The quantitative estimate of drug-likeness (QED) is 0.693. The lowest BCUT2D eigenvalue weighted by Crippen LogP contribution is -2.30. The van der Waals surface area contributed by atoms with E-state index in [9.17, 15) is 4.79 Å². The number of hydrogen-bond donors (Lipinski definition) is 1. The molecule has 20 heavy (non-hydrogen) atoms. The average Bonchev–Trinajstić information content (AvgIpc) is 2.50. The van der Waals surface area contributed by atoms with E-state index in [-0.39, 0.29) is 5.97 Å². The fourth-order valence-corrected chi connectivity index (χ4v) is 1.79. The van der Waals surface area contributed by atoms with Crippen molar-refractivity contribution in [1.29, 1.82) is 0 Å². The van der Waals surface area contributed by atoms with Crippen LogP contribution in [0.2, 0.25) is 0 Å². The molecule has 0 aromatic heterocycles. The zero-order valence-corrected chi connectivity index (χ0v) is 12.3. The summed E-state index contributed by atoms with van der Waals surface area (Å²) in [6, 6.07) is 7.77. The van der Waals surface area contributed by atoms with E-state index in [1.807, 2.05) is 24.3 Å². The summed E-state index contributed by atoms with van der Waals surface area (Å²) in [4.78, 5) is 13.3. The molecule has 1 aromatic carbocycles. The summed E-state index contributed by atoms with van der Waals surface area (Å²) in [5.74, 6) is 0.660. The summed E-state index contributed by atoms with van der Waals surface area (Å²) < 4.78 is 10.3. The molecule has 0 atom stereocenters. The normalized spacial score (nSPS) is 10.6. The van der Waals surface area contributed by atoms with E-state index in [1.54, 1.807) is 0 Å². The molecule has 0 saturated heterocycles. The summed E-state index contributed by atoms with van der Waals surface area (Å²) in [6.45, 7) is 5.55. The first-order chi connectivity index (χ1) is 9.69. The highest BCUT2D eigenvalue weighted by Crippen LogP contribution is 2.11. The monoisotopic (exact) mass is 280 g/mol. The minimum absolute atomic E-state index is 0.179. The summed E-state index contributed by atoms with van der Waals surface area (Å²) in [7, 11) is 1.41. The van der Waals surface area contributed by atoms with Crippen LogP contribution in [0, 0.1) is 0 Å². The third kappa shape index (κ3) is 6.04. The number of rotatable bonds is 9. The molecule has 0 amide bonds. The lowest BCUT2D eigenvalue weighted by atomic mass is 10.2. The van der Waals surface area contributed by atoms with Crippen molar-refractivity contribution in [3.8, 4) is 5.75 Å². The van der Waals surface area contributed by atoms with Crippen LogP contribution in [0.3, 0.4) is 0 Å². The molecule has 1 aromatic rings. The molecule has 5 nitrogen and oxygen atoms in total. The van der Waals surface area contributed by atoms with E-state index >= 15 is 0 Å². The molecule has 2 N–H and O–H groups in total. The van der Waals surface area contributed by atoms with Crippen LogP contribution in [0.15, 0.2) is 24.3 Å². The molecule has 0 fully saturated rings. The van der Waals surface area contributed by atoms with E-state index in [0.717, 1.165) is 24.4 Å². The Labute approximate surface area is 120 Å². The highest BCUT2D eigenvalue weighted by Gasteiger charge is 2.06. The van der Waals surface area contributed by atoms with Gasteiger partial charge in [0.15, 0.2) is 0 Å². The molecule has 0 radical (unpaired) electrons. The molecule has 0 bridgehead atoms. The highest BCUT2D eigenvalue weighted by molar-refractivity contribution is 5.69. The minimum atomic E-state index is -0.179. The molecule has 0 aliphatic rings. The fourth-order valence-electron chi connectivity index (χ4n) is 1.79. The third-order valence-electron chi connectivity index (χ3n) is 3.14. The van der Waals surface area contributed by atoms with E-state index < -0.39 is 0 Å². The van der Waals surface area contributed by atoms with Crippen LogP contribution >= 0.6 is 0 Å². The van der Waals surface area contributed by atoms with E-state index in [0.29, 0.717) is 26.1 Å². The third-order valence-corrected chi connectivity index (χ3v) is 3.14. The second-order valence-electron chi connectivity index (χ2n) is 4.46. The van der Waals surface area contributed by atoms with Crippen LogP contribution in [0.1, 0.15) is 18.9 Å². The number of carbonyl (C=O) groups is 1. The van der Waals surface area contributed by atoms with Crippen molar-refractivity contribution in [2.24, 2.45) is 5.73 Å². The molecule has 0 unspecified atom stereocenters. The number of benzene rings is 1. The van der Waals surface area contributed by atoms with Crippen molar-refractivity contribution >= 4 is 5.97 Å². The van der Waals surface area contributed by atoms with Crippen molar-refractivity contribution in [3.63, 3.8) is 0 Å². The van der Waals surface area contributed by atoms with E-state index in [2.05, 4.69) is 16.6 Å². The van der Waals surface area contributed by atoms with Gasteiger partial charge in [0.1, 0.15) is 12.4 Å². The van der Waals surface area contributed by atoms with E-state index in [1.165, 1.54) is 7.11 Å². The molecule has 0 aliphatic heterocycles. The van der Waals surface area contributed by atoms with Crippen LogP contribution in [-0.4, -0.2) is 44.2 Å². The first-order valence-corrected chi connectivity index (χ1v) is 6.90. The van der Waals surface area contributed by atoms with Gasteiger partial charge >= 0.3 is 5.97 Å². The predicted molar refractivity (Wildman–Crippen MR) is 78.6 cm³/mol. The van der Waals surface area contributed by atoms with Crippen LogP contribution in [-0.2, 0) is 16.1 Å². The van der Waals surface area contributed by atoms with Crippen molar-refractivity contribution in [1.82, 2.24) is 4.90 Å². The standard InChI is InChI=1S/C15H24N2O3/c1-3-17(9-8-15(18)19-2)10-11-20-14-6-4-13(12-16)5-7-14/h4-7H,3,8-12,16H2,1-2H3. The van der Waals surface area contributed by atoms with Gasteiger partial charge in [-0.05, 0) is 24.2 Å². The fraction of sp³-hybridized carbons (Fsp3) is 0.533. The van der Waals surface area contributed by atoms with Gasteiger partial charge in [-0.15, -0.1) is 0 Å². The maximum atomic E-state index is 11.1. The largest absolute Gasteiger partial charge is 0.492 e. The lowest BCUT2D eigenvalue weighted by Gasteiger charge is -2.19. The van der Waals surface area contributed by atoms with Gasteiger partial charge in [0, 0.05) is 19.6 Å². The Morgan fingerprint density at radius 1 is 1.25 bits per heavy atom. The summed E-state index contributed by atoms with van der Waals surface area (Å²) >= 11 is 0. The maximum absolute atomic E-state index is 11.1. The molecule has 5 heteroatoms. The van der Waals surface area contributed by atoms with Gasteiger partial charge in [0.05, 0.1) is 13.5 Å². The number of esters is 1. The smallest absolute Gasteiger partial charge is 0.306 e. The Morgan fingerprint density at radius 2 is 1.95 bits per heavy atom. The Balaban J connectivity index is 2.27. The molecular formula is C15H24N2O3. The molecular weight excluding hydrogens is 256 g/mol. The van der Waals surface area contributed by atoms with Crippen LogP contribution in [0.25, 0.3) is 0 Å². The van der Waals surface area contributed by atoms with Gasteiger partial charge in [0.2, 0.25) is 0 Å². The summed E-state index contributed by atoms with van der Waals surface area (Å²) in [6.07, 6.45) is 0.412. The Morgan fingerprint density at radius 3 is 2.50 bits per heavy atom. The number of hydrogen-bond acceptors (Lipinski definition) is 5. The van der Waals surface area contributed by atoms with E-state index in [4.69, 9.17) is 10.5 Å². The Hall–Kier alpha value is -1.59. The van der Waals surface area contributed by atoms with Gasteiger partial charge in [-0.2, -0.15) is 0 Å². The van der Waals surface area contributed by atoms with Crippen LogP contribution in [0.5, 0.6) is 5.75 Å². The van der Waals surface area contributed by atoms with Crippen molar-refractivity contribution in [2.45, 2.75) is 19.9 Å². The van der Waals surface area contributed by atoms with Crippen molar-refractivity contribution in [3.05, 3.63) is 29.8 Å². The number of nitrogens with zero attached hydrogens (tertiary/aromatic N) is 1. The maximum Gasteiger partial charge on any atom is 0.306 e. The first-order valence-electron chi connectivity index (χ1n) is 6.90. The topological polar surface area (TPSA) is 64.8 Å². The number of methoxy groups -OCH3 is 1. The molecule has 0 heterocycles. The SMILES string of the molecule is CCN(CCOc1ccc(CN)cc1)CCC(=O)OC. The van der Waals surface area contributed by atoms with Gasteiger partial charge in [0.25, 0.3) is 0 Å². The van der Waals surface area contributed by atoms with Gasteiger partial charge in [-0.1, -0.05) is 19.1 Å². The summed E-state index contributed by atoms with van der Waals surface area (Å²) in [5, 5.41) is 0. The van der Waals surface area contributed by atoms with Crippen molar-refractivity contribution < 1.29 is 14.3 Å². The average molecular weight is 280 g/mol. The Kier molecular flexibility index (Phi) is 7.69. The van der Waals surface area contributed by atoms with Gasteiger partial charge in [-0.25, -0.2) is 0 Å². The summed E-state index contributed by atoms with van der Waals surface area (Å²) in [5.41, 5.74) is 6.63. The number of nitrogens with two attached hydrogens (primary N) is 1. The first kappa shape index (κ1) is 16.5. The molecule has 0 aliphatic carbocycles. The predicted octanol–water partition coefficient (Wildman–Crippen LogP) is 1.41. The number of ether oxygens (including phenoxy) is 2. The van der Waals surface area contributed by atoms with Crippen LogP contribution < -0.4 is 10.5 Å². The van der Waals surface area contributed by atoms with Crippen molar-refractivity contribution in [2.75, 3.05) is 33.4 Å². The molecule has 0 saturated carbocycles. The minimum Gasteiger partial charge on any atom is -0.492 e. The van der Waals surface area contributed by atoms with Gasteiger partial charge < -0.3 is 15.2 Å². The Bertz CT molecular complexity index is 393. The second-order valence-corrected chi connectivity index (χ2v) is 4.46. The molecule has 112 valence electrons. The highest BCUT2D eigenvalue weighted by atomic mass is 16.5. The molecule has 0 spiro atoms. The van der Waals surface area contributed by atoms with Gasteiger partial charge in [-0.3, -0.25) is 9.69 Å². The number of carbonyl (C=O) groups excluding carboxylic acids is 1. The zero-order chi connectivity index (χ0) is 14.8. The van der Waals surface area contributed by atoms with Crippen LogP contribution in [0.4, 0.5) is 0 Å². The molecule has 1 rings (SSSR count). The zero-order valence-electron chi connectivity index (χ0n) is 12.3.